The van der Waals surface area contributed by atoms with Crippen LogP contribution in [0.5, 0.6) is 0 Å². The average Bonchev–Trinajstić information content (AvgIpc) is 3.31. The Bertz CT molecular complexity index is 977. The molecule has 2 heterocycles. The van der Waals surface area contributed by atoms with Crippen molar-refractivity contribution in [3.8, 4) is 11.4 Å². The van der Waals surface area contributed by atoms with Crippen molar-refractivity contribution in [1.82, 2.24) is 25.8 Å². The van der Waals surface area contributed by atoms with Gasteiger partial charge in [0.05, 0.1) is 13.1 Å². The van der Waals surface area contributed by atoms with E-state index < -0.39 is 11.9 Å². The minimum absolute atomic E-state index is 0. The third-order valence-electron chi connectivity index (χ3n) is 3.43. The molecule has 0 amide bonds. The van der Waals surface area contributed by atoms with E-state index >= 15 is 0 Å². The van der Waals surface area contributed by atoms with Crippen LogP contribution < -0.4 is 10.6 Å². The number of hydrogen-bond donors (Lipinski definition) is 2. The minimum Gasteiger partial charge on any atom is -0.350 e. The molecule has 1 aromatic carbocycles. The fraction of sp³-hybridized carbons (Fsp3) is 0.250. The summed E-state index contributed by atoms with van der Waals surface area (Å²) in [6.07, 6.45) is -4.45. The summed E-state index contributed by atoms with van der Waals surface area (Å²) in [6.45, 7) is 0.275. The van der Waals surface area contributed by atoms with Gasteiger partial charge in [-0.25, -0.2) is 4.98 Å². The van der Waals surface area contributed by atoms with Crippen LogP contribution in [0, 0.1) is 0 Å². The Morgan fingerprint density at radius 2 is 2.00 bits per heavy atom. The lowest BCUT2D eigenvalue weighted by Crippen LogP contribution is -2.36. The summed E-state index contributed by atoms with van der Waals surface area (Å²) in [5.74, 6) is 1.06. The molecular weight excluding hydrogens is 544 g/mol. The number of thiazole rings is 1. The van der Waals surface area contributed by atoms with E-state index in [-0.39, 0.29) is 42.1 Å². The molecule has 3 rings (SSSR count). The highest BCUT2D eigenvalue weighted by Crippen LogP contribution is 2.29. The summed E-state index contributed by atoms with van der Waals surface area (Å²) in [5.41, 5.74) is -0.189. The molecule has 0 fully saturated rings. The first-order valence-corrected chi connectivity index (χ1v) is 9.15. The quantitative estimate of drug-likeness (QED) is 0.275. The first kappa shape index (κ1) is 23.3. The van der Waals surface area contributed by atoms with E-state index in [1.54, 1.807) is 24.3 Å². The van der Waals surface area contributed by atoms with Crippen molar-refractivity contribution in [3.05, 3.63) is 51.3 Å². The van der Waals surface area contributed by atoms with Crippen LogP contribution in [-0.4, -0.2) is 28.1 Å². The molecule has 0 aliphatic heterocycles. The summed E-state index contributed by atoms with van der Waals surface area (Å²) in [5, 5.41) is 11.5. The van der Waals surface area contributed by atoms with Crippen LogP contribution in [0.3, 0.4) is 0 Å². The van der Waals surface area contributed by atoms with Crippen molar-refractivity contribution in [3.63, 3.8) is 0 Å². The molecule has 0 unspecified atom stereocenters. The average molecular weight is 559 g/mol. The van der Waals surface area contributed by atoms with Crippen molar-refractivity contribution < 1.29 is 17.7 Å². The standard InChI is InChI=1S/C16H14ClF3N6OS.HI/c1-21-15(23-7-13-24-11(8-28-13)16(18,19)20)22-6-12-25-14(26-27-12)9-3-2-4-10(17)5-9;/h2-5,8H,6-7H2,1H3,(H2,21,22,23);1H. The number of nitrogens with zero attached hydrogens (tertiary/aromatic N) is 4. The smallest absolute Gasteiger partial charge is 0.350 e. The summed E-state index contributed by atoms with van der Waals surface area (Å²) >= 11 is 6.86. The molecule has 0 aliphatic rings. The Hall–Kier alpha value is -1.93. The van der Waals surface area contributed by atoms with Gasteiger partial charge in [-0.1, -0.05) is 28.9 Å². The lowest BCUT2D eigenvalue weighted by molar-refractivity contribution is -0.140. The zero-order chi connectivity index (χ0) is 20.1. The number of aliphatic imine (C=N–C) groups is 1. The molecule has 7 nitrogen and oxygen atoms in total. The molecule has 2 aromatic heterocycles. The van der Waals surface area contributed by atoms with Crippen LogP contribution >= 0.6 is 46.9 Å². The van der Waals surface area contributed by atoms with E-state index in [1.165, 1.54) is 7.05 Å². The van der Waals surface area contributed by atoms with Gasteiger partial charge in [0.25, 0.3) is 0 Å². The van der Waals surface area contributed by atoms with Gasteiger partial charge in [0, 0.05) is 23.0 Å². The Balaban J connectivity index is 0.00000300. The molecule has 0 saturated heterocycles. The van der Waals surface area contributed by atoms with Gasteiger partial charge in [-0.05, 0) is 12.1 Å². The minimum atomic E-state index is -4.45. The highest BCUT2D eigenvalue weighted by Gasteiger charge is 2.33. The Morgan fingerprint density at radius 3 is 2.66 bits per heavy atom. The monoisotopic (exact) mass is 558 g/mol. The van der Waals surface area contributed by atoms with Crippen molar-refractivity contribution in [1.29, 1.82) is 0 Å². The third-order valence-corrected chi connectivity index (χ3v) is 4.51. The van der Waals surface area contributed by atoms with Crippen molar-refractivity contribution in [2.24, 2.45) is 4.99 Å². The maximum atomic E-state index is 12.6. The molecule has 0 saturated carbocycles. The van der Waals surface area contributed by atoms with Crippen LogP contribution in [0.1, 0.15) is 16.6 Å². The van der Waals surface area contributed by atoms with E-state index in [0.29, 0.717) is 28.3 Å². The highest BCUT2D eigenvalue weighted by atomic mass is 127. The van der Waals surface area contributed by atoms with Crippen LogP contribution in [0.15, 0.2) is 39.2 Å². The van der Waals surface area contributed by atoms with Gasteiger partial charge < -0.3 is 15.2 Å². The van der Waals surface area contributed by atoms with Gasteiger partial charge in [-0.15, -0.1) is 35.3 Å². The fourth-order valence-corrected chi connectivity index (χ4v) is 3.06. The summed E-state index contributed by atoms with van der Waals surface area (Å²) in [6, 6.07) is 7.04. The molecule has 0 atom stereocenters. The number of aromatic nitrogens is 3. The van der Waals surface area contributed by atoms with Crippen LogP contribution in [0.2, 0.25) is 5.02 Å². The Labute approximate surface area is 189 Å². The SMILES string of the molecule is CN=C(NCc1nc(-c2cccc(Cl)c2)no1)NCc1nc(C(F)(F)F)cs1.I. The Kier molecular flexibility index (Phi) is 8.22. The molecule has 156 valence electrons. The van der Waals surface area contributed by atoms with Gasteiger partial charge in [0.2, 0.25) is 11.7 Å². The maximum absolute atomic E-state index is 12.6. The fourth-order valence-electron chi connectivity index (χ4n) is 2.13. The third kappa shape index (κ3) is 6.54. The van der Waals surface area contributed by atoms with E-state index in [2.05, 4.69) is 30.8 Å². The maximum Gasteiger partial charge on any atom is 0.434 e. The lowest BCUT2D eigenvalue weighted by atomic mass is 10.2. The number of rotatable bonds is 5. The number of halogens is 5. The number of alkyl halides is 3. The van der Waals surface area contributed by atoms with Gasteiger partial charge in [0.1, 0.15) is 5.01 Å². The zero-order valence-corrected chi connectivity index (χ0v) is 18.7. The molecule has 0 aliphatic carbocycles. The first-order valence-electron chi connectivity index (χ1n) is 7.90. The van der Waals surface area contributed by atoms with Gasteiger partial charge in [-0.2, -0.15) is 18.2 Å². The summed E-state index contributed by atoms with van der Waals surface area (Å²) in [4.78, 5) is 11.8. The number of guanidine groups is 1. The number of benzene rings is 1. The van der Waals surface area contributed by atoms with E-state index in [4.69, 9.17) is 16.1 Å². The largest absolute Gasteiger partial charge is 0.434 e. The number of nitrogens with one attached hydrogen (secondary N) is 2. The van der Waals surface area contributed by atoms with Crippen molar-refractivity contribution in [2.45, 2.75) is 19.3 Å². The van der Waals surface area contributed by atoms with Gasteiger partial charge in [0.15, 0.2) is 11.7 Å². The molecule has 29 heavy (non-hydrogen) atoms. The second kappa shape index (κ2) is 10.2. The first-order chi connectivity index (χ1) is 13.3. The van der Waals surface area contributed by atoms with Gasteiger partial charge in [-0.3, -0.25) is 4.99 Å². The second-order valence-corrected chi connectivity index (χ2v) is 6.80. The molecule has 2 N–H and O–H groups in total. The van der Waals surface area contributed by atoms with E-state index in [1.807, 2.05) is 0 Å². The molecular formula is C16H15ClF3IN6OS. The molecule has 13 heteroatoms. The zero-order valence-electron chi connectivity index (χ0n) is 14.8. The predicted octanol–water partition coefficient (Wildman–Crippen LogP) is 4.35. The van der Waals surface area contributed by atoms with Gasteiger partial charge >= 0.3 is 6.18 Å². The molecule has 3 aromatic rings. The van der Waals surface area contributed by atoms with Crippen LogP contribution in [0.4, 0.5) is 13.2 Å². The lowest BCUT2D eigenvalue weighted by Gasteiger charge is -2.08. The normalized spacial score (nSPS) is 11.8. The molecule has 0 radical (unpaired) electrons. The van der Waals surface area contributed by atoms with E-state index in [0.717, 1.165) is 16.7 Å². The van der Waals surface area contributed by atoms with E-state index in [9.17, 15) is 13.2 Å². The highest BCUT2D eigenvalue weighted by molar-refractivity contribution is 14.0. The van der Waals surface area contributed by atoms with Crippen molar-refractivity contribution in [2.75, 3.05) is 7.05 Å². The van der Waals surface area contributed by atoms with Crippen LogP contribution in [0.25, 0.3) is 11.4 Å². The molecule has 0 bridgehead atoms. The molecule has 0 spiro atoms. The second-order valence-electron chi connectivity index (χ2n) is 5.43. The summed E-state index contributed by atoms with van der Waals surface area (Å²) < 4.78 is 42.9. The van der Waals surface area contributed by atoms with Crippen LogP contribution in [-0.2, 0) is 19.3 Å². The van der Waals surface area contributed by atoms with Crippen molar-refractivity contribution >= 4 is 52.9 Å². The summed E-state index contributed by atoms with van der Waals surface area (Å²) in [7, 11) is 1.53. The number of hydrogen-bond acceptors (Lipinski definition) is 6. The topological polar surface area (TPSA) is 88.2 Å². The Morgan fingerprint density at radius 1 is 1.24 bits per heavy atom. The predicted molar refractivity (Wildman–Crippen MR) is 114 cm³/mol.